The van der Waals surface area contributed by atoms with Crippen LogP contribution in [0.5, 0.6) is 5.75 Å². The second-order valence-corrected chi connectivity index (χ2v) is 8.58. The van der Waals surface area contributed by atoms with Gasteiger partial charge in [-0.3, -0.25) is 9.69 Å². The first kappa shape index (κ1) is 27.6. The van der Waals surface area contributed by atoms with Gasteiger partial charge in [0.15, 0.2) is 11.3 Å². The number of hydrogen-bond donors (Lipinski definition) is 1. The van der Waals surface area contributed by atoms with E-state index in [1.54, 1.807) is 12.0 Å². The van der Waals surface area contributed by atoms with Gasteiger partial charge < -0.3 is 14.5 Å². The molecule has 0 unspecified atom stereocenters. The van der Waals surface area contributed by atoms with Crippen LogP contribution >= 0.6 is 0 Å². The number of H-pyrrole nitrogens is 1. The number of piperazine rings is 1. The minimum absolute atomic E-state index is 0.264. The van der Waals surface area contributed by atoms with Crippen molar-refractivity contribution in [3.63, 3.8) is 0 Å². The average Bonchev–Trinajstić information content (AvgIpc) is 2.78. The molecule has 0 aliphatic carbocycles. The van der Waals surface area contributed by atoms with Gasteiger partial charge in [0.1, 0.15) is 6.10 Å². The summed E-state index contributed by atoms with van der Waals surface area (Å²) < 4.78 is 82.8. The number of aromatic nitrogens is 4. The maximum atomic E-state index is 13.2. The quantitative estimate of drug-likeness (QED) is 0.502. The first-order chi connectivity index (χ1) is 16.8. The molecule has 1 fully saturated rings. The van der Waals surface area contributed by atoms with E-state index in [9.17, 15) is 31.1 Å². The van der Waals surface area contributed by atoms with E-state index in [2.05, 4.69) is 20.0 Å². The summed E-state index contributed by atoms with van der Waals surface area (Å²) >= 11 is 0. The Balaban J connectivity index is 1.39. The molecule has 2 aromatic rings. The number of anilines is 1. The van der Waals surface area contributed by atoms with Crippen molar-refractivity contribution in [1.82, 2.24) is 30.0 Å². The van der Waals surface area contributed by atoms with E-state index in [4.69, 9.17) is 4.74 Å². The van der Waals surface area contributed by atoms with Crippen LogP contribution in [0.15, 0.2) is 23.4 Å². The molecular weight excluding hydrogens is 496 g/mol. The van der Waals surface area contributed by atoms with E-state index < -0.39 is 40.9 Å². The third-order valence-electron chi connectivity index (χ3n) is 5.64. The van der Waals surface area contributed by atoms with E-state index in [0.717, 1.165) is 31.6 Å². The molecule has 3 heterocycles. The fraction of sp³-hybridized carbons (Fsp3) is 0.619. The van der Waals surface area contributed by atoms with Crippen molar-refractivity contribution >= 4 is 5.95 Å². The van der Waals surface area contributed by atoms with E-state index in [0.29, 0.717) is 39.3 Å². The topological polar surface area (TPSA) is 90.5 Å². The zero-order chi connectivity index (χ0) is 26.5. The number of nitrogens with one attached hydrogen (secondary N) is 1. The Bertz CT molecular complexity index is 1040. The van der Waals surface area contributed by atoms with Gasteiger partial charge in [0, 0.05) is 45.1 Å². The predicted octanol–water partition coefficient (Wildman–Crippen LogP) is 2.51. The standard InChI is InChI=1S/C21H27F6N7O2/c1-14(36-16-12-30-31-18(35)17(16)21(25,26)27)13-32(2)4-3-5-33-6-8-34(9-7-33)19-28-10-15(11-29-19)20(22,23)24/h10-12,14H,3-9,13H2,1-2H3,(H,31,35)/t14-/m0/s1. The lowest BCUT2D eigenvalue weighted by molar-refractivity contribution is -0.140. The van der Waals surface area contributed by atoms with Crippen LogP contribution in [0.1, 0.15) is 24.5 Å². The van der Waals surface area contributed by atoms with Gasteiger partial charge in [-0.1, -0.05) is 0 Å². The lowest BCUT2D eigenvalue weighted by Gasteiger charge is -2.35. The van der Waals surface area contributed by atoms with Crippen LogP contribution in [-0.4, -0.2) is 88.9 Å². The number of hydrogen-bond acceptors (Lipinski definition) is 8. The summed E-state index contributed by atoms with van der Waals surface area (Å²) in [5, 5.41) is 5.16. The van der Waals surface area contributed by atoms with Crippen LogP contribution in [-0.2, 0) is 12.4 Å². The summed E-state index contributed by atoms with van der Waals surface area (Å²) in [4.78, 5) is 25.2. The second kappa shape index (κ2) is 11.4. The summed E-state index contributed by atoms with van der Waals surface area (Å²) in [5.74, 6) is -0.345. The highest BCUT2D eigenvalue weighted by atomic mass is 19.4. The highest BCUT2D eigenvalue weighted by molar-refractivity contribution is 5.31. The average molecular weight is 523 g/mol. The van der Waals surface area contributed by atoms with Crippen LogP contribution in [0.2, 0.25) is 0 Å². The lowest BCUT2D eigenvalue weighted by atomic mass is 10.2. The van der Waals surface area contributed by atoms with Crippen LogP contribution in [0.25, 0.3) is 0 Å². The summed E-state index contributed by atoms with van der Waals surface area (Å²) in [7, 11) is 1.82. The Morgan fingerprint density at radius 1 is 1.06 bits per heavy atom. The maximum absolute atomic E-state index is 13.2. The van der Waals surface area contributed by atoms with Crippen molar-refractivity contribution in [3.05, 3.63) is 40.1 Å². The minimum atomic E-state index is -4.86. The second-order valence-electron chi connectivity index (χ2n) is 8.58. The van der Waals surface area contributed by atoms with E-state index in [1.165, 1.54) is 0 Å². The third-order valence-corrected chi connectivity index (χ3v) is 5.64. The smallest absolute Gasteiger partial charge is 0.425 e. The Labute approximate surface area is 203 Å². The van der Waals surface area contributed by atoms with Crippen molar-refractivity contribution in [2.75, 3.05) is 57.8 Å². The molecule has 1 aliphatic rings. The van der Waals surface area contributed by atoms with Crippen LogP contribution in [0.3, 0.4) is 0 Å². The fourth-order valence-electron chi connectivity index (χ4n) is 3.89. The third kappa shape index (κ3) is 7.53. The molecule has 0 amide bonds. The summed E-state index contributed by atoms with van der Waals surface area (Å²) in [6, 6.07) is 0. The molecule has 36 heavy (non-hydrogen) atoms. The van der Waals surface area contributed by atoms with Gasteiger partial charge in [-0.25, -0.2) is 15.1 Å². The molecule has 0 aromatic carbocycles. The summed E-state index contributed by atoms with van der Waals surface area (Å²) in [6.07, 6.45) is -6.75. The Kier molecular flexibility index (Phi) is 8.76. The lowest BCUT2D eigenvalue weighted by Crippen LogP contribution is -2.47. The number of rotatable bonds is 9. The molecule has 2 aromatic heterocycles. The minimum Gasteiger partial charge on any atom is -0.487 e. The molecule has 200 valence electrons. The first-order valence-corrected chi connectivity index (χ1v) is 11.2. The van der Waals surface area contributed by atoms with Gasteiger partial charge in [-0.2, -0.15) is 31.4 Å². The Hall–Kier alpha value is -2.94. The molecule has 1 aliphatic heterocycles. The summed E-state index contributed by atoms with van der Waals surface area (Å²) in [6.45, 7) is 5.94. The van der Waals surface area contributed by atoms with Gasteiger partial charge in [-0.15, -0.1) is 0 Å². The largest absolute Gasteiger partial charge is 0.487 e. The van der Waals surface area contributed by atoms with Gasteiger partial charge in [0.05, 0.1) is 11.8 Å². The van der Waals surface area contributed by atoms with Crippen molar-refractivity contribution in [2.45, 2.75) is 31.8 Å². The van der Waals surface area contributed by atoms with Crippen LogP contribution in [0, 0.1) is 0 Å². The number of halogens is 6. The fourth-order valence-corrected chi connectivity index (χ4v) is 3.89. The molecule has 1 N–H and O–H groups in total. The van der Waals surface area contributed by atoms with Gasteiger partial charge >= 0.3 is 12.4 Å². The van der Waals surface area contributed by atoms with Crippen LogP contribution < -0.4 is 15.2 Å². The molecule has 0 radical (unpaired) electrons. The van der Waals surface area contributed by atoms with Crippen LogP contribution in [0.4, 0.5) is 32.3 Å². The van der Waals surface area contributed by atoms with Gasteiger partial charge in [0.25, 0.3) is 5.56 Å². The molecule has 0 bridgehead atoms. The van der Waals surface area contributed by atoms with Gasteiger partial charge in [-0.05, 0) is 33.5 Å². The molecule has 0 saturated carbocycles. The van der Waals surface area contributed by atoms with Crippen molar-refractivity contribution in [2.24, 2.45) is 0 Å². The maximum Gasteiger partial charge on any atom is 0.425 e. The summed E-state index contributed by atoms with van der Waals surface area (Å²) in [5.41, 5.74) is -3.65. The highest BCUT2D eigenvalue weighted by Gasteiger charge is 2.38. The zero-order valence-electron chi connectivity index (χ0n) is 19.7. The number of ether oxygens (including phenoxy) is 1. The van der Waals surface area contributed by atoms with E-state index in [1.807, 2.05) is 16.8 Å². The SMILES string of the molecule is C[C@@H](CN(C)CCCN1CCN(c2ncc(C(F)(F)F)cn2)CC1)Oc1cn[nH]c(=O)c1C(F)(F)F. The number of alkyl halides is 6. The molecule has 1 saturated heterocycles. The first-order valence-electron chi connectivity index (χ1n) is 11.2. The van der Waals surface area contributed by atoms with E-state index in [-0.39, 0.29) is 5.95 Å². The Morgan fingerprint density at radius 2 is 1.69 bits per heavy atom. The number of aromatic amines is 1. The highest BCUT2D eigenvalue weighted by Crippen LogP contribution is 2.33. The normalized spacial score (nSPS) is 16.4. The predicted molar refractivity (Wildman–Crippen MR) is 118 cm³/mol. The monoisotopic (exact) mass is 523 g/mol. The molecule has 0 spiro atoms. The molecular formula is C21H27F6N7O2. The Morgan fingerprint density at radius 3 is 2.28 bits per heavy atom. The van der Waals surface area contributed by atoms with Crippen molar-refractivity contribution in [1.29, 1.82) is 0 Å². The number of nitrogens with zero attached hydrogens (tertiary/aromatic N) is 6. The van der Waals surface area contributed by atoms with Gasteiger partial charge in [0.2, 0.25) is 5.95 Å². The number of likely N-dealkylation sites (N-methyl/N-ethyl adjacent to an activating group) is 1. The molecule has 1 atom stereocenters. The van der Waals surface area contributed by atoms with Crippen molar-refractivity contribution in [3.8, 4) is 5.75 Å². The zero-order valence-corrected chi connectivity index (χ0v) is 19.7. The molecule has 15 heteroatoms. The molecule has 3 rings (SSSR count). The van der Waals surface area contributed by atoms with E-state index >= 15 is 0 Å². The molecule has 9 nitrogen and oxygen atoms in total. The van der Waals surface area contributed by atoms with Crippen molar-refractivity contribution < 1.29 is 31.1 Å².